The van der Waals surface area contributed by atoms with Gasteiger partial charge in [0.05, 0.1) is 0 Å². The van der Waals surface area contributed by atoms with Crippen molar-refractivity contribution in [3.63, 3.8) is 0 Å². The first-order valence-corrected chi connectivity index (χ1v) is 7.74. The summed E-state index contributed by atoms with van der Waals surface area (Å²) >= 11 is 0. The minimum atomic E-state index is -1.29. The number of amides is 2. The normalized spacial score (nSPS) is 23.7. The standard InChI is InChI=1S/C15H22N4O8/c1-5-19(15(23)18-14(16)17)13-12(26-9(4)22)11(25-8(3)21)10(27-13)6-24-7(2)20/h5,10-13H,1,6H2,2-4H3,(H4,16,17,18,23)/t10-,11?,12?,13-/m1/s1. The summed E-state index contributed by atoms with van der Waals surface area (Å²) in [5, 5.41) is 0. The maximum Gasteiger partial charge on any atom is 0.352 e. The molecule has 12 heteroatoms. The highest BCUT2D eigenvalue weighted by molar-refractivity contribution is 5.91. The Labute approximate surface area is 155 Å². The molecule has 2 amide bonds. The number of hydrogen-bond acceptors (Lipinski definition) is 8. The average molecular weight is 386 g/mol. The SMILES string of the molecule is C=CN(C(=O)N=C(N)N)[C@@H]1O[C@H](COC(C)=O)C(OC(C)=O)C1OC(C)=O. The Morgan fingerprint density at radius 1 is 1.07 bits per heavy atom. The quantitative estimate of drug-likeness (QED) is 0.249. The van der Waals surface area contributed by atoms with Crippen LogP contribution in [0.2, 0.25) is 0 Å². The second kappa shape index (κ2) is 9.52. The van der Waals surface area contributed by atoms with Crippen molar-refractivity contribution in [1.82, 2.24) is 4.90 Å². The third-order valence-electron chi connectivity index (χ3n) is 3.26. The van der Waals surface area contributed by atoms with E-state index in [0.29, 0.717) is 0 Å². The number of carbonyl (C=O) groups excluding carboxylic acids is 4. The van der Waals surface area contributed by atoms with Crippen LogP contribution in [0.15, 0.2) is 17.8 Å². The van der Waals surface area contributed by atoms with Gasteiger partial charge in [0.1, 0.15) is 12.7 Å². The van der Waals surface area contributed by atoms with Gasteiger partial charge < -0.3 is 30.4 Å². The minimum absolute atomic E-state index is 0.316. The number of urea groups is 1. The smallest absolute Gasteiger partial charge is 0.352 e. The van der Waals surface area contributed by atoms with Gasteiger partial charge in [0, 0.05) is 27.0 Å². The van der Waals surface area contributed by atoms with Gasteiger partial charge in [-0.15, -0.1) is 0 Å². The van der Waals surface area contributed by atoms with Crippen molar-refractivity contribution >= 4 is 29.9 Å². The highest BCUT2D eigenvalue weighted by Crippen LogP contribution is 2.30. The number of guanidine groups is 1. The van der Waals surface area contributed by atoms with Gasteiger partial charge in [-0.1, -0.05) is 6.58 Å². The lowest BCUT2D eigenvalue weighted by atomic mass is 10.1. The number of rotatable bonds is 6. The van der Waals surface area contributed by atoms with Crippen LogP contribution in [0, 0.1) is 0 Å². The Balaban J connectivity index is 3.24. The van der Waals surface area contributed by atoms with Crippen molar-refractivity contribution in [2.75, 3.05) is 6.61 Å². The summed E-state index contributed by atoms with van der Waals surface area (Å²) in [5.74, 6) is -2.54. The zero-order chi connectivity index (χ0) is 20.7. The highest BCUT2D eigenvalue weighted by atomic mass is 16.7. The molecule has 0 aromatic heterocycles. The van der Waals surface area contributed by atoms with Crippen molar-refractivity contribution < 1.29 is 38.1 Å². The fraction of sp³-hybridized carbons (Fsp3) is 0.533. The van der Waals surface area contributed by atoms with Crippen LogP contribution in [-0.2, 0) is 33.3 Å². The Hall–Kier alpha value is -3.15. The molecule has 27 heavy (non-hydrogen) atoms. The minimum Gasteiger partial charge on any atom is -0.463 e. The number of nitrogens with two attached hydrogens (primary N) is 2. The van der Waals surface area contributed by atoms with E-state index >= 15 is 0 Å². The van der Waals surface area contributed by atoms with Crippen LogP contribution in [0.3, 0.4) is 0 Å². The fourth-order valence-electron chi connectivity index (χ4n) is 2.38. The Kier molecular flexibility index (Phi) is 7.72. The molecule has 2 unspecified atom stereocenters. The van der Waals surface area contributed by atoms with E-state index in [1.54, 1.807) is 0 Å². The first-order valence-electron chi connectivity index (χ1n) is 7.74. The molecule has 0 aromatic rings. The topological polar surface area (TPSA) is 173 Å². The van der Waals surface area contributed by atoms with Crippen molar-refractivity contribution in [2.24, 2.45) is 16.5 Å². The first-order chi connectivity index (χ1) is 12.6. The lowest BCUT2D eigenvalue weighted by Gasteiger charge is -2.28. The maximum absolute atomic E-state index is 12.2. The number of aliphatic imine (C=N–C) groups is 1. The molecule has 1 rings (SSSR count). The zero-order valence-electron chi connectivity index (χ0n) is 15.1. The third-order valence-corrected chi connectivity index (χ3v) is 3.26. The summed E-state index contributed by atoms with van der Waals surface area (Å²) in [5.41, 5.74) is 10.4. The summed E-state index contributed by atoms with van der Waals surface area (Å²) in [6.07, 6.45) is -3.67. The van der Waals surface area contributed by atoms with Crippen molar-refractivity contribution in [3.05, 3.63) is 12.8 Å². The monoisotopic (exact) mass is 386 g/mol. The largest absolute Gasteiger partial charge is 0.463 e. The molecule has 1 saturated heterocycles. The van der Waals surface area contributed by atoms with Crippen LogP contribution in [0.25, 0.3) is 0 Å². The number of nitrogens with zero attached hydrogens (tertiary/aromatic N) is 2. The summed E-state index contributed by atoms with van der Waals surface area (Å²) < 4.78 is 20.9. The lowest BCUT2D eigenvalue weighted by Crippen LogP contribution is -2.47. The predicted molar refractivity (Wildman–Crippen MR) is 89.6 cm³/mol. The first kappa shape index (κ1) is 21.9. The Morgan fingerprint density at radius 3 is 2.07 bits per heavy atom. The Bertz CT molecular complexity index is 646. The second-order valence-corrected chi connectivity index (χ2v) is 5.42. The molecule has 1 aliphatic rings. The average Bonchev–Trinajstić information content (AvgIpc) is 2.82. The lowest BCUT2D eigenvalue weighted by molar-refractivity contribution is -0.166. The van der Waals surface area contributed by atoms with Crippen molar-refractivity contribution in [3.8, 4) is 0 Å². The molecule has 4 atom stereocenters. The van der Waals surface area contributed by atoms with Gasteiger partial charge in [-0.05, 0) is 0 Å². The summed E-state index contributed by atoms with van der Waals surface area (Å²) in [6.45, 7) is 6.59. The Morgan fingerprint density at radius 2 is 1.63 bits per heavy atom. The van der Waals surface area contributed by atoms with E-state index in [0.717, 1.165) is 24.9 Å². The van der Waals surface area contributed by atoms with E-state index in [1.807, 2.05) is 0 Å². The molecule has 1 fully saturated rings. The molecule has 0 radical (unpaired) electrons. The van der Waals surface area contributed by atoms with Crippen LogP contribution in [0.4, 0.5) is 4.79 Å². The van der Waals surface area contributed by atoms with Crippen molar-refractivity contribution in [2.45, 2.75) is 45.3 Å². The molecule has 0 bridgehead atoms. The molecule has 1 heterocycles. The van der Waals surface area contributed by atoms with E-state index in [4.69, 9.17) is 30.4 Å². The van der Waals surface area contributed by atoms with Crippen LogP contribution in [0.5, 0.6) is 0 Å². The number of ether oxygens (including phenoxy) is 4. The number of carbonyl (C=O) groups is 4. The van der Waals surface area contributed by atoms with Gasteiger partial charge >= 0.3 is 23.9 Å². The van der Waals surface area contributed by atoms with Crippen molar-refractivity contribution in [1.29, 1.82) is 0 Å². The predicted octanol–water partition coefficient (Wildman–Crippen LogP) is -1.02. The highest BCUT2D eigenvalue weighted by Gasteiger charge is 2.52. The molecule has 0 spiro atoms. The van der Waals surface area contributed by atoms with Gasteiger partial charge in [-0.3, -0.25) is 19.3 Å². The summed E-state index contributed by atoms with van der Waals surface area (Å²) in [6, 6.07) is -0.957. The van der Waals surface area contributed by atoms with Crippen LogP contribution >= 0.6 is 0 Å². The summed E-state index contributed by atoms with van der Waals surface area (Å²) in [4.78, 5) is 50.5. The van der Waals surface area contributed by atoms with E-state index in [-0.39, 0.29) is 6.61 Å². The number of hydrogen-bond donors (Lipinski definition) is 2. The van der Waals surface area contributed by atoms with Gasteiger partial charge in [0.25, 0.3) is 0 Å². The van der Waals surface area contributed by atoms with Gasteiger partial charge in [-0.25, -0.2) is 4.79 Å². The number of esters is 3. The van der Waals surface area contributed by atoms with Gasteiger partial charge in [0.15, 0.2) is 24.4 Å². The van der Waals surface area contributed by atoms with E-state index in [2.05, 4.69) is 11.6 Å². The second-order valence-electron chi connectivity index (χ2n) is 5.42. The van der Waals surface area contributed by atoms with Gasteiger partial charge in [0.2, 0.25) is 0 Å². The molecule has 4 N–H and O–H groups in total. The van der Waals surface area contributed by atoms with E-state index in [9.17, 15) is 19.2 Å². The fourth-order valence-corrected chi connectivity index (χ4v) is 2.38. The molecule has 150 valence electrons. The molecule has 12 nitrogen and oxygen atoms in total. The van der Waals surface area contributed by atoms with Crippen LogP contribution in [-0.4, -0.2) is 65.9 Å². The third kappa shape index (κ3) is 6.26. The molecular formula is C15H22N4O8. The molecule has 0 aliphatic carbocycles. The molecular weight excluding hydrogens is 364 g/mol. The molecule has 0 aromatic carbocycles. The van der Waals surface area contributed by atoms with E-state index in [1.165, 1.54) is 6.92 Å². The van der Waals surface area contributed by atoms with Gasteiger partial charge in [-0.2, -0.15) is 4.99 Å². The molecule has 0 saturated carbocycles. The zero-order valence-corrected chi connectivity index (χ0v) is 15.1. The summed E-state index contributed by atoms with van der Waals surface area (Å²) in [7, 11) is 0. The van der Waals surface area contributed by atoms with E-state index < -0.39 is 54.4 Å². The van der Waals surface area contributed by atoms with Crippen LogP contribution in [0.1, 0.15) is 20.8 Å². The van der Waals surface area contributed by atoms with Crippen LogP contribution < -0.4 is 11.5 Å². The molecule has 1 aliphatic heterocycles. The maximum atomic E-state index is 12.2.